The zero-order valence-electron chi connectivity index (χ0n) is 13.1. The lowest BCUT2D eigenvalue weighted by molar-refractivity contribution is -0.118. The standard InChI is InChI=1S/C17H22N2O3/c1-17(2)7-5-12(6-8-17)18-16(21)11-3-4-13-14(9-11)22-10-15(20)19-13/h3-4,9,12H,5-8,10H2,1-2H3,(H,18,21)(H,19,20). The molecule has 1 fully saturated rings. The molecule has 1 aromatic carbocycles. The third-order valence-corrected chi connectivity index (χ3v) is 4.55. The SMILES string of the molecule is CC1(C)CCC(NC(=O)c2ccc3c(c2)OCC(=O)N3)CC1. The number of hydrogen-bond acceptors (Lipinski definition) is 3. The predicted octanol–water partition coefficient (Wildman–Crippen LogP) is 2.72. The highest BCUT2D eigenvalue weighted by Crippen LogP contribution is 2.35. The van der Waals surface area contributed by atoms with Crippen molar-refractivity contribution in [3.63, 3.8) is 0 Å². The molecule has 1 aliphatic carbocycles. The van der Waals surface area contributed by atoms with E-state index in [2.05, 4.69) is 24.5 Å². The van der Waals surface area contributed by atoms with Crippen molar-refractivity contribution in [2.24, 2.45) is 5.41 Å². The third-order valence-electron chi connectivity index (χ3n) is 4.55. The third kappa shape index (κ3) is 3.24. The average molecular weight is 302 g/mol. The van der Waals surface area contributed by atoms with E-state index in [4.69, 9.17) is 4.74 Å². The number of benzene rings is 1. The lowest BCUT2D eigenvalue weighted by Crippen LogP contribution is -2.39. The first kappa shape index (κ1) is 14.9. The molecule has 1 aromatic rings. The van der Waals surface area contributed by atoms with Crippen LogP contribution in [0, 0.1) is 5.41 Å². The highest BCUT2D eigenvalue weighted by Gasteiger charge is 2.28. The number of carbonyl (C=O) groups is 2. The molecule has 0 bridgehead atoms. The summed E-state index contributed by atoms with van der Waals surface area (Å²) >= 11 is 0. The first-order chi connectivity index (χ1) is 10.4. The van der Waals surface area contributed by atoms with Gasteiger partial charge >= 0.3 is 0 Å². The Kier molecular flexibility index (Phi) is 3.81. The summed E-state index contributed by atoms with van der Waals surface area (Å²) in [6.45, 7) is 4.55. The summed E-state index contributed by atoms with van der Waals surface area (Å²) in [5, 5.41) is 5.83. The van der Waals surface area contributed by atoms with Crippen LogP contribution in [0.15, 0.2) is 18.2 Å². The highest BCUT2D eigenvalue weighted by atomic mass is 16.5. The Morgan fingerprint density at radius 2 is 2.05 bits per heavy atom. The minimum absolute atomic E-state index is 0.00419. The molecule has 2 N–H and O–H groups in total. The van der Waals surface area contributed by atoms with Crippen molar-refractivity contribution in [3.8, 4) is 5.75 Å². The number of fused-ring (bicyclic) bond motifs is 1. The second kappa shape index (κ2) is 5.63. The van der Waals surface area contributed by atoms with Gasteiger partial charge in [0, 0.05) is 11.6 Å². The van der Waals surface area contributed by atoms with E-state index in [1.54, 1.807) is 18.2 Å². The van der Waals surface area contributed by atoms with Gasteiger partial charge in [0.05, 0.1) is 5.69 Å². The zero-order chi connectivity index (χ0) is 15.7. The summed E-state index contributed by atoms with van der Waals surface area (Å²) in [5.74, 6) is 0.305. The maximum Gasteiger partial charge on any atom is 0.262 e. The first-order valence-corrected chi connectivity index (χ1v) is 7.80. The van der Waals surface area contributed by atoms with Crippen molar-refractivity contribution in [3.05, 3.63) is 23.8 Å². The van der Waals surface area contributed by atoms with Crippen molar-refractivity contribution < 1.29 is 14.3 Å². The number of carbonyl (C=O) groups excluding carboxylic acids is 2. The number of amides is 2. The summed E-state index contributed by atoms with van der Waals surface area (Å²) in [4.78, 5) is 23.6. The molecule has 2 aliphatic rings. The molecule has 1 heterocycles. The maximum absolute atomic E-state index is 12.4. The van der Waals surface area contributed by atoms with Crippen LogP contribution in [-0.2, 0) is 4.79 Å². The van der Waals surface area contributed by atoms with Gasteiger partial charge in [0.1, 0.15) is 5.75 Å². The van der Waals surface area contributed by atoms with Crippen molar-refractivity contribution in [2.45, 2.75) is 45.6 Å². The van der Waals surface area contributed by atoms with Gasteiger partial charge in [-0.05, 0) is 49.3 Å². The Balaban J connectivity index is 1.65. The number of anilines is 1. The molecule has 0 spiro atoms. The molecule has 118 valence electrons. The molecule has 0 radical (unpaired) electrons. The molecule has 0 unspecified atom stereocenters. The molecule has 22 heavy (non-hydrogen) atoms. The topological polar surface area (TPSA) is 67.4 Å². The molecule has 5 heteroatoms. The molecule has 0 aromatic heterocycles. The van der Waals surface area contributed by atoms with E-state index in [-0.39, 0.29) is 24.5 Å². The van der Waals surface area contributed by atoms with Crippen LogP contribution in [0.1, 0.15) is 49.9 Å². The molecular formula is C17H22N2O3. The molecule has 2 amide bonds. The first-order valence-electron chi connectivity index (χ1n) is 7.80. The smallest absolute Gasteiger partial charge is 0.262 e. The maximum atomic E-state index is 12.4. The van der Waals surface area contributed by atoms with Crippen molar-refractivity contribution in [1.82, 2.24) is 5.32 Å². The molecule has 0 saturated heterocycles. The predicted molar refractivity (Wildman–Crippen MR) is 84.1 cm³/mol. The monoisotopic (exact) mass is 302 g/mol. The Hall–Kier alpha value is -2.04. The largest absolute Gasteiger partial charge is 0.482 e. The average Bonchev–Trinajstić information content (AvgIpc) is 2.49. The summed E-state index contributed by atoms with van der Waals surface area (Å²) in [7, 11) is 0. The molecule has 0 atom stereocenters. The number of rotatable bonds is 2. The Bertz CT molecular complexity index is 600. The zero-order valence-corrected chi connectivity index (χ0v) is 13.1. The Morgan fingerprint density at radius 1 is 1.32 bits per heavy atom. The fraction of sp³-hybridized carbons (Fsp3) is 0.529. The van der Waals surface area contributed by atoms with Gasteiger partial charge in [0.15, 0.2) is 6.61 Å². The normalized spacial score (nSPS) is 20.5. The summed E-state index contributed by atoms with van der Waals surface area (Å²) in [6, 6.07) is 5.37. The van der Waals surface area contributed by atoms with Gasteiger partial charge < -0.3 is 15.4 Å². The fourth-order valence-corrected chi connectivity index (χ4v) is 3.03. The van der Waals surface area contributed by atoms with Crippen molar-refractivity contribution >= 4 is 17.5 Å². The second-order valence-electron chi connectivity index (χ2n) is 6.96. The van der Waals surface area contributed by atoms with E-state index in [0.29, 0.717) is 22.4 Å². The van der Waals surface area contributed by atoms with Crippen LogP contribution in [-0.4, -0.2) is 24.5 Å². The minimum atomic E-state index is -0.172. The van der Waals surface area contributed by atoms with Crippen LogP contribution in [0.3, 0.4) is 0 Å². The lowest BCUT2D eigenvalue weighted by Gasteiger charge is -2.34. The van der Waals surface area contributed by atoms with Gasteiger partial charge in [-0.2, -0.15) is 0 Å². The van der Waals surface area contributed by atoms with Crippen LogP contribution >= 0.6 is 0 Å². The fourth-order valence-electron chi connectivity index (χ4n) is 3.03. The van der Waals surface area contributed by atoms with Gasteiger partial charge in [-0.15, -0.1) is 0 Å². The van der Waals surface area contributed by atoms with Crippen LogP contribution in [0.25, 0.3) is 0 Å². The van der Waals surface area contributed by atoms with E-state index in [1.165, 1.54) is 0 Å². The van der Waals surface area contributed by atoms with E-state index in [0.717, 1.165) is 25.7 Å². The van der Waals surface area contributed by atoms with E-state index in [1.807, 2.05) is 0 Å². The van der Waals surface area contributed by atoms with Gasteiger partial charge in [-0.25, -0.2) is 0 Å². The van der Waals surface area contributed by atoms with Crippen LogP contribution in [0.4, 0.5) is 5.69 Å². The minimum Gasteiger partial charge on any atom is -0.482 e. The van der Waals surface area contributed by atoms with Gasteiger partial charge in [0.25, 0.3) is 11.8 Å². The number of hydrogen-bond donors (Lipinski definition) is 2. The molecule has 1 saturated carbocycles. The van der Waals surface area contributed by atoms with E-state index >= 15 is 0 Å². The van der Waals surface area contributed by atoms with Gasteiger partial charge in [-0.3, -0.25) is 9.59 Å². The quantitative estimate of drug-likeness (QED) is 0.882. The van der Waals surface area contributed by atoms with E-state index in [9.17, 15) is 9.59 Å². The second-order valence-corrected chi connectivity index (χ2v) is 6.96. The molecule has 3 rings (SSSR count). The number of nitrogens with one attached hydrogen (secondary N) is 2. The van der Waals surface area contributed by atoms with Crippen LogP contribution in [0.5, 0.6) is 5.75 Å². The van der Waals surface area contributed by atoms with Gasteiger partial charge in [-0.1, -0.05) is 13.8 Å². The lowest BCUT2D eigenvalue weighted by atomic mass is 9.75. The van der Waals surface area contributed by atoms with E-state index < -0.39 is 0 Å². The van der Waals surface area contributed by atoms with Gasteiger partial charge in [0.2, 0.25) is 0 Å². The van der Waals surface area contributed by atoms with Crippen LogP contribution < -0.4 is 15.4 Å². The summed E-state index contributed by atoms with van der Waals surface area (Å²) < 4.78 is 5.35. The molecule has 1 aliphatic heterocycles. The Labute approximate surface area is 130 Å². The summed E-state index contributed by atoms with van der Waals surface area (Å²) in [6.07, 6.45) is 4.32. The van der Waals surface area contributed by atoms with Crippen LogP contribution in [0.2, 0.25) is 0 Å². The number of ether oxygens (including phenoxy) is 1. The Morgan fingerprint density at radius 3 is 2.77 bits per heavy atom. The highest BCUT2D eigenvalue weighted by molar-refractivity contribution is 5.99. The van der Waals surface area contributed by atoms with Crippen molar-refractivity contribution in [1.29, 1.82) is 0 Å². The van der Waals surface area contributed by atoms with Crippen molar-refractivity contribution in [2.75, 3.05) is 11.9 Å². The molecular weight excluding hydrogens is 280 g/mol. The molecule has 5 nitrogen and oxygen atoms in total. The summed E-state index contributed by atoms with van der Waals surface area (Å²) in [5.41, 5.74) is 1.57.